The van der Waals surface area contributed by atoms with Crippen molar-refractivity contribution in [1.29, 1.82) is 0 Å². The number of aromatic nitrogens is 3. The Hall–Kier alpha value is -3.41. The van der Waals surface area contributed by atoms with Gasteiger partial charge < -0.3 is 9.47 Å². The Kier molecular flexibility index (Phi) is 3.78. The topological polar surface area (TPSA) is 65.7 Å². The zero-order valence-electron chi connectivity index (χ0n) is 13.5. The maximum atomic E-state index is 12.4. The molecule has 0 N–H and O–H groups in total. The van der Waals surface area contributed by atoms with Crippen molar-refractivity contribution in [3.63, 3.8) is 0 Å². The van der Waals surface area contributed by atoms with Crippen LogP contribution in [0.5, 0.6) is 5.75 Å². The molecule has 0 spiro atoms. The Morgan fingerprint density at radius 2 is 1.96 bits per heavy atom. The van der Waals surface area contributed by atoms with E-state index in [1.165, 1.54) is 6.20 Å². The first-order valence-corrected chi connectivity index (χ1v) is 7.78. The molecule has 2 aromatic heterocycles. The zero-order chi connectivity index (χ0) is 17.2. The number of hydrogen-bond acceptors (Lipinski definition) is 5. The van der Waals surface area contributed by atoms with E-state index in [0.717, 1.165) is 16.5 Å². The predicted molar refractivity (Wildman–Crippen MR) is 92.6 cm³/mol. The van der Waals surface area contributed by atoms with Crippen molar-refractivity contribution in [3.05, 3.63) is 72.1 Å². The molecule has 2 heterocycles. The van der Waals surface area contributed by atoms with Crippen molar-refractivity contribution in [2.45, 2.75) is 6.61 Å². The lowest BCUT2D eigenvalue weighted by atomic mass is 10.2. The van der Waals surface area contributed by atoms with Crippen LogP contribution in [0.1, 0.15) is 15.9 Å². The molecule has 0 radical (unpaired) electrons. The molecular weight excluding hydrogens is 318 g/mol. The number of esters is 1. The third-order valence-electron chi connectivity index (χ3n) is 3.97. The second kappa shape index (κ2) is 6.24. The summed E-state index contributed by atoms with van der Waals surface area (Å²) >= 11 is 0. The minimum Gasteiger partial charge on any atom is -0.497 e. The average molecular weight is 333 g/mol. The van der Waals surface area contributed by atoms with Gasteiger partial charge in [-0.3, -0.25) is 0 Å². The minimum absolute atomic E-state index is 0.207. The standard InChI is InChI=1S/C19H15N3O3/c1-24-15-8-7-14-10-20-18-16(11-21-22(18)17(14)9-15)19(23)25-12-13-5-3-2-4-6-13/h2-11H,12H2,1H3. The molecule has 0 saturated carbocycles. The summed E-state index contributed by atoms with van der Waals surface area (Å²) in [6.07, 6.45) is 3.19. The molecule has 0 aliphatic rings. The summed E-state index contributed by atoms with van der Waals surface area (Å²) < 4.78 is 12.3. The van der Waals surface area contributed by atoms with Crippen molar-refractivity contribution < 1.29 is 14.3 Å². The van der Waals surface area contributed by atoms with Gasteiger partial charge in [-0.1, -0.05) is 30.3 Å². The van der Waals surface area contributed by atoms with Gasteiger partial charge in [0.05, 0.1) is 18.8 Å². The van der Waals surface area contributed by atoms with Crippen LogP contribution in [0.2, 0.25) is 0 Å². The summed E-state index contributed by atoms with van der Waals surface area (Å²) in [5, 5.41) is 5.20. The molecule has 0 amide bonds. The van der Waals surface area contributed by atoms with Crippen LogP contribution < -0.4 is 4.74 Å². The maximum Gasteiger partial charge on any atom is 0.343 e. The highest BCUT2D eigenvalue weighted by molar-refractivity contribution is 5.97. The molecule has 0 atom stereocenters. The number of nitrogens with zero attached hydrogens (tertiary/aromatic N) is 3. The Morgan fingerprint density at radius 3 is 2.76 bits per heavy atom. The SMILES string of the molecule is COc1ccc2cnc3c(C(=O)OCc4ccccc4)cnn3c2c1. The summed E-state index contributed by atoms with van der Waals surface area (Å²) in [6.45, 7) is 0.207. The van der Waals surface area contributed by atoms with Crippen LogP contribution in [0.3, 0.4) is 0 Å². The summed E-state index contributed by atoms with van der Waals surface area (Å²) in [6, 6.07) is 15.1. The molecule has 0 aliphatic carbocycles. The van der Waals surface area contributed by atoms with Gasteiger partial charge in [0, 0.05) is 17.6 Å². The maximum absolute atomic E-state index is 12.4. The van der Waals surface area contributed by atoms with Gasteiger partial charge in [-0.15, -0.1) is 0 Å². The average Bonchev–Trinajstić information content (AvgIpc) is 3.11. The number of carbonyl (C=O) groups is 1. The lowest BCUT2D eigenvalue weighted by molar-refractivity contribution is 0.0475. The fourth-order valence-corrected chi connectivity index (χ4v) is 2.66. The number of fused-ring (bicyclic) bond motifs is 3. The van der Waals surface area contributed by atoms with Crippen molar-refractivity contribution in [2.75, 3.05) is 7.11 Å². The van der Waals surface area contributed by atoms with Crippen molar-refractivity contribution in [3.8, 4) is 5.75 Å². The van der Waals surface area contributed by atoms with E-state index in [4.69, 9.17) is 9.47 Å². The van der Waals surface area contributed by atoms with E-state index in [-0.39, 0.29) is 6.61 Å². The van der Waals surface area contributed by atoms with Crippen LogP contribution in [0.15, 0.2) is 60.9 Å². The van der Waals surface area contributed by atoms with E-state index in [1.807, 2.05) is 48.5 Å². The Balaban J connectivity index is 1.68. The largest absolute Gasteiger partial charge is 0.497 e. The highest BCUT2D eigenvalue weighted by Crippen LogP contribution is 2.22. The highest BCUT2D eigenvalue weighted by atomic mass is 16.5. The number of ether oxygens (including phenoxy) is 2. The first kappa shape index (κ1) is 15.1. The fraction of sp³-hybridized carbons (Fsp3) is 0.105. The monoisotopic (exact) mass is 333 g/mol. The quantitative estimate of drug-likeness (QED) is 0.536. The van der Waals surface area contributed by atoms with Crippen molar-refractivity contribution in [1.82, 2.24) is 14.6 Å². The molecule has 4 aromatic rings. The van der Waals surface area contributed by atoms with E-state index in [1.54, 1.807) is 17.8 Å². The third kappa shape index (κ3) is 2.78. The molecule has 6 nitrogen and oxygen atoms in total. The Morgan fingerprint density at radius 1 is 1.12 bits per heavy atom. The van der Waals surface area contributed by atoms with E-state index in [0.29, 0.717) is 17.0 Å². The van der Waals surface area contributed by atoms with E-state index >= 15 is 0 Å². The van der Waals surface area contributed by atoms with Crippen LogP contribution in [-0.2, 0) is 11.3 Å². The Labute approximate surface area is 143 Å². The summed E-state index contributed by atoms with van der Waals surface area (Å²) in [5.74, 6) is 0.261. The molecule has 0 fully saturated rings. The molecule has 0 aliphatic heterocycles. The van der Waals surface area contributed by atoms with E-state index in [9.17, 15) is 4.79 Å². The third-order valence-corrected chi connectivity index (χ3v) is 3.97. The second-order valence-electron chi connectivity index (χ2n) is 5.54. The molecule has 124 valence electrons. The van der Waals surface area contributed by atoms with Gasteiger partial charge in [0.25, 0.3) is 0 Å². The summed E-state index contributed by atoms with van der Waals surface area (Å²) in [5.41, 5.74) is 2.53. The first-order valence-electron chi connectivity index (χ1n) is 7.78. The van der Waals surface area contributed by atoms with Gasteiger partial charge in [0.1, 0.15) is 17.9 Å². The van der Waals surface area contributed by atoms with Crippen LogP contribution in [0.4, 0.5) is 0 Å². The summed E-state index contributed by atoms with van der Waals surface area (Å²) in [7, 11) is 1.61. The molecule has 0 saturated heterocycles. The van der Waals surface area contributed by atoms with Crippen molar-refractivity contribution in [2.24, 2.45) is 0 Å². The molecule has 0 unspecified atom stereocenters. The van der Waals surface area contributed by atoms with E-state index < -0.39 is 5.97 Å². The molecule has 2 aromatic carbocycles. The number of benzene rings is 2. The molecule has 0 bridgehead atoms. The fourth-order valence-electron chi connectivity index (χ4n) is 2.66. The number of hydrogen-bond donors (Lipinski definition) is 0. The minimum atomic E-state index is -0.450. The lowest BCUT2D eigenvalue weighted by Crippen LogP contribution is -2.05. The van der Waals surface area contributed by atoms with Gasteiger partial charge in [0.15, 0.2) is 5.65 Å². The molecule has 4 rings (SSSR count). The van der Waals surface area contributed by atoms with Crippen LogP contribution >= 0.6 is 0 Å². The number of rotatable bonds is 4. The zero-order valence-corrected chi connectivity index (χ0v) is 13.5. The van der Waals surface area contributed by atoms with Gasteiger partial charge >= 0.3 is 5.97 Å². The van der Waals surface area contributed by atoms with Gasteiger partial charge in [-0.25, -0.2) is 14.3 Å². The number of methoxy groups -OCH3 is 1. The normalized spacial score (nSPS) is 10.9. The second-order valence-corrected chi connectivity index (χ2v) is 5.54. The van der Waals surface area contributed by atoms with Gasteiger partial charge in [-0.05, 0) is 17.7 Å². The van der Waals surface area contributed by atoms with Crippen molar-refractivity contribution >= 4 is 22.5 Å². The highest BCUT2D eigenvalue weighted by Gasteiger charge is 2.17. The molecule has 6 heteroatoms. The Bertz CT molecular complexity index is 1060. The summed E-state index contributed by atoms with van der Waals surface area (Å²) in [4.78, 5) is 16.8. The van der Waals surface area contributed by atoms with Gasteiger partial charge in [-0.2, -0.15) is 5.10 Å². The lowest BCUT2D eigenvalue weighted by Gasteiger charge is -2.05. The van der Waals surface area contributed by atoms with Crippen LogP contribution in [0, 0.1) is 0 Å². The smallest absolute Gasteiger partial charge is 0.343 e. The first-order chi connectivity index (χ1) is 12.3. The molecular formula is C19H15N3O3. The van der Waals surface area contributed by atoms with Gasteiger partial charge in [0.2, 0.25) is 0 Å². The van der Waals surface area contributed by atoms with E-state index in [2.05, 4.69) is 10.1 Å². The predicted octanol–water partition coefficient (Wildman–Crippen LogP) is 3.25. The van der Waals surface area contributed by atoms with Crippen LogP contribution in [-0.4, -0.2) is 27.7 Å². The molecule has 25 heavy (non-hydrogen) atoms. The number of carbonyl (C=O) groups excluding carboxylic acids is 1. The van der Waals surface area contributed by atoms with Crippen LogP contribution in [0.25, 0.3) is 16.6 Å².